The molecule has 0 unspecified atom stereocenters. The zero-order valence-electron chi connectivity index (χ0n) is 25.5. The normalized spacial score (nSPS) is 12.6. The zero-order valence-corrected chi connectivity index (χ0v) is 27.0. The number of nitrogens with one attached hydrogen (secondary N) is 1. The fourth-order valence-corrected chi connectivity index (χ4v) is 6.12. The number of methoxy groups -OCH3 is 2. The number of rotatable bonds is 14. The Morgan fingerprint density at radius 2 is 1.58 bits per heavy atom. The molecule has 0 aliphatic heterocycles. The first-order valence-electron chi connectivity index (χ1n) is 14.1. The molecule has 9 nitrogen and oxygen atoms in total. The number of sulfonamides is 1. The highest BCUT2D eigenvalue weighted by Gasteiger charge is 2.34. The number of halogens is 1. The average Bonchev–Trinajstić information content (AvgIpc) is 2.99. The largest absolute Gasteiger partial charge is 0.497 e. The predicted octanol–water partition coefficient (Wildman–Crippen LogP) is 5.58. The number of ether oxygens (including phenoxy) is 2. The maximum atomic E-state index is 14.2. The average molecular weight is 630 g/mol. The van der Waals surface area contributed by atoms with Crippen molar-refractivity contribution in [2.45, 2.75) is 64.1 Å². The van der Waals surface area contributed by atoms with Crippen LogP contribution in [-0.4, -0.2) is 58.0 Å². The van der Waals surface area contributed by atoms with Crippen LogP contribution in [0.5, 0.6) is 11.5 Å². The van der Waals surface area contributed by atoms with Gasteiger partial charge in [-0.3, -0.25) is 13.9 Å². The molecule has 0 saturated carbocycles. The molecule has 0 heterocycles. The van der Waals surface area contributed by atoms with E-state index in [0.717, 1.165) is 21.9 Å². The van der Waals surface area contributed by atoms with Gasteiger partial charge < -0.3 is 19.7 Å². The lowest BCUT2D eigenvalue weighted by molar-refractivity contribution is -0.140. The standard InChI is InChI=1S/C32H40ClN3O6S/c1-7-23(4)34-32(38)29(8-2)35(20-24-11-14-26(41-5)15-12-24)31(37)21-36(25-13-18-30(42-6)28(33)19-25)43(39,40)27-16-9-22(3)10-17-27/h9-19,23,29H,7-8,20-21H2,1-6H3,(H,34,38)/t23-,29+/m0/s1. The fourth-order valence-electron chi connectivity index (χ4n) is 4.46. The van der Waals surface area contributed by atoms with E-state index in [1.165, 1.54) is 36.3 Å². The first-order chi connectivity index (χ1) is 20.4. The molecule has 3 rings (SSSR count). The smallest absolute Gasteiger partial charge is 0.264 e. The molecule has 0 spiro atoms. The van der Waals surface area contributed by atoms with Gasteiger partial charge in [0.05, 0.1) is 29.8 Å². The summed E-state index contributed by atoms with van der Waals surface area (Å²) in [4.78, 5) is 29.1. The summed E-state index contributed by atoms with van der Waals surface area (Å²) in [5.74, 6) is 0.150. The highest BCUT2D eigenvalue weighted by molar-refractivity contribution is 7.92. The molecular formula is C32H40ClN3O6S. The molecule has 0 aliphatic carbocycles. The van der Waals surface area contributed by atoms with Crippen LogP contribution in [0.1, 0.15) is 44.7 Å². The number of aryl methyl sites for hydroxylation is 1. The van der Waals surface area contributed by atoms with Gasteiger partial charge in [-0.25, -0.2) is 8.42 Å². The summed E-state index contributed by atoms with van der Waals surface area (Å²) in [7, 11) is -1.21. The van der Waals surface area contributed by atoms with Crippen LogP contribution in [0.15, 0.2) is 71.6 Å². The summed E-state index contributed by atoms with van der Waals surface area (Å²) < 4.78 is 39.6. The van der Waals surface area contributed by atoms with Crippen LogP contribution in [0, 0.1) is 6.92 Å². The van der Waals surface area contributed by atoms with Crippen molar-refractivity contribution >= 4 is 39.1 Å². The highest BCUT2D eigenvalue weighted by atomic mass is 35.5. The molecule has 0 radical (unpaired) electrons. The molecule has 0 aromatic heterocycles. The van der Waals surface area contributed by atoms with Crippen molar-refractivity contribution < 1.29 is 27.5 Å². The molecule has 2 atom stereocenters. The van der Waals surface area contributed by atoms with E-state index < -0.39 is 28.5 Å². The molecule has 43 heavy (non-hydrogen) atoms. The van der Waals surface area contributed by atoms with E-state index in [1.807, 2.05) is 39.8 Å². The summed E-state index contributed by atoms with van der Waals surface area (Å²) in [6, 6.07) is 17.1. The number of hydrogen-bond donors (Lipinski definition) is 1. The quantitative estimate of drug-likeness (QED) is 0.250. The van der Waals surface area contributed by atoms with Gasteiger partial charge in [0.2, 0.25) is 11.8 Å². The summed E-state index contributed by atoms with van der Waals surface area (Å²) in [6.07, 6.45) is 1.04. The molecule has 2 amide bonds. The number of benzene rings is 3. The Hall–Kier alpha value is -3.76. The second-order valence-corrected chi connectivity index (χ2v) is 12.5. The Morgan fingerprint density at radius 1 is 0.930 bits per heavy atom. The minimum atomic E-state index is -4.22. The van der Waals surface area contributed by atoms with E-state index in [0.29, 0.717) is 17.9 Å². The Morgan fingerprint density at radius 3 is 2.12 bits per heavy atom. The minimum absolute atomic E-state index is 0.0149. The Bertz CT molecular complexity index is 1500. The number of amides is 2. The van der Waals surface area contributed by atoms with Crippen LogP contribution in [-0.2, 0) is 26.2 Å². The molecule has 11 heteroatoms. The van der Waals surface area contributed by atoms with Crippen LogP contribution in [0.25, 0.3) is 0 Å². The van der Waals surface area contributed by atoms with Gasteiger partial charge in [0.1, 0.15) is 24.1 Å². The van der Waals surface area contributed by atoms with Crippen molar-refractivity contribution in [2.75, 3.05) is 25.1 Å². The van der Waals surface area contributed by atoms with Crippen molar-refractivity contribution in [1.82, 2.24) is 10.2 Å². The highest BCUT2D eigenvalue weighted by Crippen LogP contribution is 2.32. The number of carbonyl (C=O) groups is 2. The van der Waals surface area contributed by atoms with Gasteiger partial charge >= 0.3 is 0 Å². The van der Waals surface area contributed by atoms with Crippen molar-refractivity contribution in [1.29, 1.82) is 0 Å². The van der Waals surface area contributed by atoms with Crippen LogP contribution in [0.2, 0.25) is 5.02 Å². The van der Waals surface area contributed by atoms with Gasteiger partial charge in [0, 0.05) is 12.6 Å². The van der Waals surface area contributed by atoms with E-state index in [-0.39, 0.29) is 34.1 Å². The Labute approximate surface area is 259 Å². The lowest BCUT2D eigenvalue weighted by atomic mass is 10.1. The first kappa shape index (κ1) is 33.7. The second kappa shape index (κ2) is 15.1. The Kier molecular flexibility index (Phi) is 11.9. The van der Waals surface area contributed by atoms with Gasteiger partial charge in [-0.2, -0.15) is 0 Å². The third kappa shape index (κ3) is 8.42. The van der Waals surface area contributed by atoms with Gasteiger partial charge in [0.15, 0.2) is 0 Å². The van der Waals surface area contributed by atoms with Crippen molar-refractivity contribution in [3.05, 3.63) is 82.9 Å². The van der Waals surface area contributed by atoms with Crippen LogP contribution < -0.4 is 19.1 Å². The molecule has 0 bridgehead atoms. The van der Waals surface area contributed by atoms with Crippen molar-refractivity contribution in [2.24, 2.45) is 0 Å². The molecule has 0 aliphatic rings. The van der Waals surface area contributed by atoms with E-state index in [2.05, 4.69) is 5.32 Å². The summed E-state index contributed by atoms with van der Waals surface area (Å²) in [6.45, 7) is 7.04. The maximum absolute atomic E-state index is 14.2. The Balaban J connectivity index is 2.09. The third-order valence-electron chi connectivity index (χ3n) is 7.21. The van der Waals surface area contributed by atoms with Crippen LogP contribution in [0.4, 0.5) is 5.69 Å². The second-order valence-electron chi connectivity index (χ2n) is 10.3. The van der Waals surface area contributed by atoms with Crippen molar-refractivity contribution in [3.8, 4) is 11.5 Å². The SMILES string of the molecule is CC[C@H](C(=O)N[C@@H](C)CC)N(Cc1ccc(OC)cc1)C(=O)CN(c1ccc(OC)c(Cl)c1)S(=O)(=O)c1ccc(C)cc1. The number of hydrogen-bond acceptors (Lipinski definition) is 6. The van der Waals surface area contributed by atoms with Crippen LogP contribution in [0.3, 0.4) is 0 Å². The number of carbonyl (C=O) groups excluding carboxylic acids is 2. The molecular weight excluding hydrogens is 590 g/mol. The maximum Gasteiger partial charge on any atom is 0.264 e. The van der Waals surface area contributed by atoms with Gasteiger partial charge in [-0.15, -0.1) is 0 Å². The predicted molar refractivity (Wildman–Crippen MR) is 169 cm³/mol. The monoisotopic (exact) mass is 629 g/mol. The summed E-state index contributed by atoms with van der Waals surface area (Å²) in [5, 5.41) is 3.16. The van der Waals surface area contributed by atoms with Gasteiger partial charge in [-0.05, 0) is 74.7 Å². The molecule has 0 saturated heterocycles. The van der Waals surface area contributed by atoms with E-state index >= 15 is 0 Å². The minimum Gasteiger partial charge on any atom is -0.497 e. The van der Waals surface area contributed by atoms with E-state index in [9.17, 15) is 18.0 Å². The summed E-state index contributed by atoms with van der Waals surface area (Å²) >= 11 is 6.39. The zero-order chi connectivity index (χ0) is 31.7. The van der Waals surface area contributed by atoms with Crippen LogP contribution >= 0.6 is 11.6 Å². The van der Waals surface area contributed by atoms with E-state index in [4.69, 9.17) is 21.1 Å². The molecule has 232 valence electrons. The number of nitrogens with zero attached hydrogens (tertiary/aromatic N) is 2. The first-order valence-corrected chi connectivity index (χ1v) is 15.9. The van der Waals surface area contributed by atoms with Crippen molar-refractivity contribution in [3.63, 3.8) is 0 Å². The lowest BCUT2D eigenvalue weighted by Crippen LogP contribution is -2.53. The summed E-state index contributed by atoms with van der Waals surface area (Å²) in [5.41, 5.74) is 1.82. The molecule has 3 aromatic rings. The molecule has 0 fully saturated rings. The molecule has 1 N–H and O–H groups in total. The number of anilines is 1. The lowest BCUT2D eigenvalue weighted by Gasteiger charge is -2.33. The van der Waals surface area contributed by atoms with Gasteiger partial charge in [0.25, 0.3) is 10.0 Å². The topological polar surface area (TPSA) is 105 Å². The third-order valence-corrected chi connectivity index (χ3v) is 9.29. The van der Waals surface area contributed by atoms with Gasteiger partial charge in [-0.1, -0.05) is 55.3 Å². The molecule has 3 aromatic carbocycles. The fraction of sp³-hybridized carbons (Fsp3) is 0.375. The van der Waals surface area contributed by atoms with E-state index in [1.54, 1.807) is 37.4 Å².